The summed E-state index contributed by atoms with van der Waals surface area (Å²) >= 11 is 12.5. The Morgan fingerprint density at radius 3 is 2.71 bits per heavy atom. The Morgan fingerprint density at radius 2 is 2.06 bits per heavy atom. The molecular formula is C11H6Br2ClFN2. The number of pyridine rings is 1. The third-order valence-corrected chi connectivity index (χ3v) is 3.37. The molecule has 2 nitrogen and oxygen atoms in total. The molecule has 88 valence electrons. The van der Waals surface area contributed by atoms with Gasteiger partial charge in [0, 0.05) is 10.7 Å². The summed E-state index contributed by atoms with van der Waals surface area (Å²) in [4.78, 5) is 4.13. The van der Waals surface area contributed by atoms with E-state index < -0.39 is 5.82 Å². The molecule has 0 saturated carbocycles. The minimum atomic E-state index is -0.422. The van der Waals surface area contributed by atoms with E-state index in [1.165, 1.54) is 6.07 Å². The van der Waals surface area contributed by atoms with Crippen molar-refractivity contribution in [3.05, 3.63) is 50.2 Å². The van der Waals surface area contributed by atoms with E-state index in [1.807, 2.05) is 6.07 Å². The van der Waals surface area contributed by atoms with Crippen LogP contribution in [0.1, 0.15) is 0 Å². The van der Waals surface area contributed by atoms with Gasteiger partial charge in [-0.05, 0) is 50.1 Å². The van der Waals surface area contributed by atoms with Crippen LogP contribution in [0, 0.1) is 5.82 Å². The second-order valence-electron chi connectivity index (χ2n) is 3.21. The molecule has 0 bridgehead atoms. The molecule has 0 aliphatic carbocycles. The van der Waals surface area contributed by atoms with E-state index in [0.717, 1.165) is 4.47 Å². The second-order valence-corrected chi connectivity index (χ2v) is 5.38. The van der Waals surface area contributed by atoms with E-state index in [9.17, 15) is 4.39 Å². The number of benzene rings is 1. The van der Waals surface area contributed by atoms with E-state index in [-0.39, 0.29) is 5.69 Å². The quantitative estimate of drug-likeness (QED) is 0.780. The normalized spacial score (nSPS) is 10.4. The summed E-state index contributed by atoms with van der Waals surface area (Å²) in [6.45, 7) is 0. The number of halogens is 4. The van der Waals surface area contributed by atoms with Gasteiger partial charge in [0.2, 0.25) is 0 Å². The second kappa shape index (κ2) is 5.33. The largest absolute Gasteiger partial charge is 0.336 e. The van der Waals surface area contributed by atoms with Gasteiger partial charge in [0.15, 0.2) is 0 Å². The van der Waals surface area contributed by atoms with Crippen molar-refractivity contribution in [1.29, 1.82) is 0 Å². The average Bonchev–Trinajstić information content (AvgIpc) is 2.26. The van der Waals surface area contributed by atoms with Gasteiger partial charge in [-0.2, -0.15) is 0 Å². The Kier molecular flexibility index (Phi) is 4.01. The molecule has 0 atom stereocenters. The molecule has 0 unspecified atom stereocenters. The Hall–Kier alpha value is -0.650. The van der Waals surface area contributed by atoms with Crippen LogP contribution in [0.2, 0.25) is 5.02 Å². The number of rotatable bonds is 2. The number of nitrogens with one attached hydrogen (secondary N) is 1. The van der Waals surface area contributed by atoms with Crippen molar-refractivity contribution in [3.8, 4) is 0 Å². The predicted octanol–water partition coefficient (Wildman–Crippen LogP) is 5.14. The zero-order chi connectivity index (χ0) is 12.4. The molecular weight excluding hydrogens is 374 g/mol. The summed E-state index contributed by atoms with van der Waals surface area (Å²) in [5.41, 5.74) is 0.213. The summed E-state index contributed by atoms with van der Waals surface area (Å²) in [7, 11) is 0. The Morgan fingerprint density at radius 1 is 1.29 bits per heavy atom. The van der Waals surface area contributed by atoms with Gasteiger partial charge in [0.05, 0.1) is 15.2 Å². The van der Waals surface area contributed by atoms with E-state index in [1.54, 1.807) is 18.3 Å². The van der Waals surface area contributed by atoms with Gasteiger partial charge in [-0.15, -0.1) is 0 Å². The van der Waals surface area contributed by atoms with Crippen molar-refractivity contribution in [3.63, 3.8) is 0 Å². The van der Waals surface area contributed by atoms with Gasteiger partial charge in [0.1, 0.15) is 11.6 Å². The van der Waals surface area contributed by atoms with Crippen LogP contribution in [0.4, 0.5) is 15.9 Å². The average molecular weight is 380 g/mol. The van der Waals surface area contributed by atoms with Crippen LogP contribution >= 0.6 is 43.5 Å². The van der Waals surface area contributed by atoms with E-state index >= 15 is 0 Å². The minimum absolute atomic E-state index is 0.213. The molecule has 0 aliphatic rings. The van der Waals surface area contributed by atoms with Gasteiger partial charge >= 0.3 is 0 Å². The number of nitrogens with zero attached hydrogens (tertiary/aromatic N) is 1. The van der Waals surface area contributed by atoms with Crippen LogP contribution < -0.4 is 5.32 Å². The fourth-order valence-electron chi connectivity index (χ4n) is 1.24. The predicted molar refractivity (Wildman–Crippen MR) is 74.3 cm³/mol. The molecule has 0 fully saturated rings. The summed E-state index contributed by atoms with van der Waals surface area (Å²) < 4.78 is 15.1. The molecule has 1 N–H and O–H groups in total. The van der Waals surface area contributed by atoms with Gasteiger partial charge in [-0.25, -0.2) is 9.37 Å². The van der Waals surface area contributed by atoms with Gasteiger partial charge in [-0.1, -0.05) is 17.7 Å². The van der Waals surface area contributed by atoms with Crippen molar-refractivity contribution in [2.45, 2.75) is 0 Å². The summed E-state index contributed by atoms with van der Waals surface area (Å²) in [5.74, 6) is 0.0781. The monoisotopic (exact) mass is 378 g/mol. The van der Waals surface area contributed by atoms with Crippen molar-refractivity contribution in [2.24, 2.45) is 0 Å². The van der Waals surface area contributed by atoms with Gasteiger partial charge < -0.3 is 5.32 Å². The van der Waals surface area contributed by atoms with Crippen LogP contribution in [0.5, 0.6) is 0 Å². The van der Waals surface area contributed by atoms with Crippen molar-refractivity contribution in [1.82, 2.24) is 4.98 Å². The highest BCUT2D eigenvalue weighted by molar-refractivity contribution is 9.11. The van der Waals surface area contributed by atoms with Crippen LogP contribution in [0.25, 0.3) is 0 Å². The summed E-state index contributed by atoms with van der Waals surface area (Å²) in [6.07, 6.45) is 1.61. The third kappa shape index (κ3) is 2.97. The van der Waals surface area contributed by atoms with Crippen molar-refractivity contribution in [2.75, 3.05) is 5.32 Å². The van der Waals surface area contributed by atoms with Crippen LogP contribution in [-0.4, -0.2) is 4.98 Å². The number of anilines is 2. The Bertz CT molecular complexity index is 543. The number of hydrogen-bond acceptors (Lipinski definition) is 2. The molecule has 2 aromatic rings. The highest BCUT2D eigenvalue weighted by Crippen LogP contribution is 2.31. The summed E-state index contributed by atoms with van der Waals surface area (Å²) in [5, 5.41) is 3.16. The SMILES string of the molecule is Fc1cccc(Cl)c1Nc1ncc(Br)cc1Br. The van der Waals surface area contributed by atoms with E-state index in [0.29, 0.717) is 15.3 Å². The molecule has 17 heavy (non-hydrogen) atoms. The number of aromatic nitrogens is 1. The third-order valence-electron chi connectivity index (χ3n) is 2.01. The Balaban J connectivity index is 2.38. The van der Waals surface area contributed by atoms with E-state index in [4.69, 9.17) is 11.6 Å². The topological polar surface area (TPSA) is 24.9 Å². The lowest BCUT2D eigenvalue weighted by Gasteiger charge is -2.10. The smallest absolute Gasteiger partial charge is 0.148 e. The highest BCUT2D eigenvalue weighted by Gasteiger charge is 2.09. The highest BCUT2D eigenvalue weighted by atomic mass is 79.9. The lowest BCUT2D eigenvalue weighted by molar-refractivity contribution is 0.632. The first-order valence-corrected chi connectivity index (χ1v) is 6.56. The maximum absolute atomic E-state index is 13.5. The first-order valence-electron chi connectivity index (χ1n) is 4.60. The molecule has 0 radical (unpaired) electrons. The first-order chi connectivity index (χ1) is 8.08. The Labute approximate surface area is 119 Å². The van der Waals surface area contributed by atoms with Gasteiger partial charge in [-0.3, -0.25) is 0 Å². The molecule has 1 aromatic carbocycles. The summed E-state index contributed by atoms with van der Waals surface area (Å²) in [6, 6.07) is 6.30. The standard InChI is InChI=1S/C11H6Br2ClFN2/c12-6-4-7(13)11(16-5-6)17-10-8(14)2-1-3-9(10)15/h1-5H,(H,16,17). The fraction of sp³-hybridized carbons (Fsp3) is 0. The maximum Gasteiger partial charge on any atom is 0.148 e. The molecule has 1 aromatic heterocycles. The molecule has 0 spiro atoms. The maximum atomic E-state index is 13.5. The van der Waals surface area contributed by atoms with Gasteiger partial charge in [0.25, 0.3) is 0 Å². The lowest BCUT2D eigenvalue weighted by atomic mass is 10.3. The lowest BCUT2D eigenvalue weighted by Crippen LogP contribution is -1.98. The molecule has 6 heteroatoms. The molecule has 0 aliphatic heterocycles. The number of para-hydroxylation sites is 1. The first kappa shape index (κ1) is 12.8. The minimum Gasteiger partial charge on any atom is -0.336 e. The zero-order valence-corrected chi connectivity index (χ0v) is 12.3. The zero-order valence-electron chi connectivity index (χ0n) is 8.35. The van der Waals surface area contributed by atoms with Crippen LogP contribution in [0.3, 0.4) is 0 Å². The van der Waals surface area contributed by atoms with E-state index in [2.05, 4.69) is 42.2 Å². The van der Waals surface area contributed by atoms with Crippen molar-refractivity contribution < 1.29 is 4.39 Å². The van der Waals surface area contributed by atoms with Crippen molar-refractivity contribution >= 4 is 55.0 Å². The molecule has 0 saturated heterocycles. The molecule has 2 rings (SSSR count). The van der Waals surface area contributed by atoms with Crippen LogP contribution in [-0.2, 0) is 0 Å². The van der Waals surface area contributed by atoms with Crippen LogP contribution in [0.15, 0.2) is 39.4 Å². The number of hydrogen-bond donors (Lipinski definition) is 1. The molecule has 1 heterocycles. The molecule has 0 amide bonds. The fourth-order valence-corrected chi connectivity index (χ4v) is 2.54.